The molecule has 90 valence electrons. The molecule has 1 rings (SSSR count). The number of nitrogens with two attached hydrogens (primary N) is 1. The van der Waals surface area contributed by atoms with Crippen molar-refractivity contribution < 1.29 is 17.6 Å². The first-order chi connectivity index (χ1) is 7.28. The highest BCUT2D eigenvalue weighted by molar-refractivity contribution is 5.40. The molecular formula is C10H12F4N2. The molecule has 0 aromatic heterocycles. The molecule has 0 aliphatic rings. The van der Waals surface area contributed by atoms with Gasteiger partial charge >= 0.3 is 6.18 Å². The first kappa shape index (κ1) is 12.8. The van der Waals surface area contributed by atoms with E-state index in [9.17, 15) is 17.6 Å². The fraction of sp³-hybridized carbons (Fsp3) is 0.400. The van der Waals surface area contributed by atoms with Gasteiger partial charge in [-0.25, -0.2) is 4.39 Å². The summed E-state index contributed by atoms with van der Waals surface area (Å²) in [6.07, 6.45) is -4.28. The van der Waals surface area contributed by atoms with Gasteiger partial charge in [0.25, 0.3) is 0 Å². The van der Waals surface area contributed by atoms with Crippen molar-refractivity contribution in [2.75, 3.05) is 19.3 Å². The first-order valence-electron chi connectivity index (χ1n) is 4.57. The summed E-state index contributed by atoms with van der Waals surface area (Å²) in [5, 5.41) is 0. The highest BCUT2D eigenvalue weighted by Crippen LogP contribution is 2.18. The maximum Gasteiger partial charge on any atom is 0.401 e. The van der Waals surface area contributed by atoms with E-state index in [4.69, 9.17) is 5.73 Å². The lowest BCUT2D eigenvalue weighted by Gasteiger charge is -2.18. The molecule has 2 nitrogen and oxygen atoms in total. The molecule has 0 atom stereocenters. The minimum atomic E-state index is -4.28. The maximum atomic E-state index is 13.3. The predicted octanol–water partition coefficient (Wildman–Crippen LogP) is 2.40. The molecule has 0 radical (unpaired) electrons. The van der Waals surface area contributed by atoms with Crippen LogP contribution in [0.25, 0.3) is 0 Å². The van der Waals surface area contributed by atoms with Gasteiger partial charge in [-0.2, -0.15) is 13.2 Å². The van der Waals surface area contributed by atoms with Gasteiger partial charge in [-0.05, 0) is 19.2 Å². The second-order valence-electron chi connectivity index (χ2n) is 3.64. The molecule has 0 fully saturated rings. The van der Waals surface area contributed by atoms with E-state index in [-0.39, 0.29) is 17.8 Å². The highest BCUT2D eigenvalue weighted by atomic mass is 19.4. The number of hydrogen-bond donors (Lipinski definition) is 1. The number of benzene rings is 1. The molecule has 0 saturated heterocycles. The van der Waals surface area contributed by atoms with Crippen molar-refractivity contribution in [3.8, 4) is 0 Å². The van der Waals surface area contributed by atoms with Crippen molar-refractivity contribution in [3.63, 3.8) is 0 Å². The predicted molar refractivity (Wildman–Crippen MR) is 53.2 cm³/mol. The van der Waals surface area contributed by atoms with E-state index in [0.29, 0.717) is 0 Å². The van der Waals surface area contributed by atoms with Crippen LogP contribution in [0, 0.1) is 5.82 Å². The minimum absolute atomic E-state index is 0.106. The Hall–Kier alpha value is -1.30. The average Bonchev–Trinajstić information content (AvgIpc) is 2.06. The molecule has 0 aliphatic heterocycles. The molecule has 1 aromatic carbocycles. The Balaban J connectivity index is 2.66. The Kier molecular flexibility index (Phi) is 3.74. The number of halogens is 4. The Morgan fingerprint density at radius 2 is 1.94 bits per heavy atom. The fourth-order valence-corrected chi connectivity index (χ4v) is 1.34. The third-order valence-electron chi connectivity index (χ3n) is 1.97. The zero-order valence-electron chi connectivity index (χ0n) is 8.68. The summed E-state index contributed by atoms with van der Waals surface area (Å²) in [6, 6.07) is 3.94. The third-order valence-corrected chi connectivity index (χ3v) is 1.97. The molecular weight excluding hydrogens is 224 g/mol. The van der Waals surface area contributed by atoms with Gasteiger partial charge in [0.05, 0.1) is 6.54 Å². The zero-order chi connectivity index (χ0) is 12.3. The number of hydrogen-bond acceptors (Lipinski definition) is 2. The molecule has 2 N–H and O–H groups in total. The topological polar surface area (TPSA) is 29.3 Å². The van der Waals surface area contributed by atoms with Gasteiger partial charge in [0, 0.05) is 17.8 Å². The second-order valence-corrected chi connectivity index (χ2v) is 3.64. The molecule has 0 amide bonds. The van der Waals surface area contributed by atoms with Crippen molar-refractivity contribution in [3.05, 3.63) is 29.6 Å². The van der Waals surface area contributed by atoms with Crippen LogP contribution in [0.4, 0.5) is 23.2 Å². The largest absolute Gasteiger partial charge is 0.401 e. The summed E-state index contributed by atoms with van der Waals surface area (Å²) in [5.41, 5.74) is 5.77. The lowest BCUT2D eigenvalue weighted by Crippen LogP contribution is -2.30. The maximum absolute atomic E-state index is 13.3. The zero-order valence-corrected chi connectivity index (χ0v) is 8.68. The molecule has 0 saturated carbocycles. The van der Waals surface area contributed by atoms with Crippen LogP contribution in [0.2, 0.25) is 0 Å². The van der Waals surface area contributed by atoms with Gasteiger partial charge in [0.2, 0.25) is 0 Å². The molecule has 0 aliphatic carbocycles. The number of rotatable bonds is 3. The second kappa shape index (κ2) is 4.69. The summed E-state index contributed by atoms with van der Waals surface area (Å²) in [5.74, 6) is -0.589. The van der Waals surface area contributed by atoms with Crippen LogP contribution >= 0.6 is 0 Å². The first-order valence-corrected chi connectivity index (χ1v) is 4.57. The molecule has 0 spiro atoms. The Morgan fingerprint density at radius 1 is 1.31 bits per heavy atom. The van der Waals surface area contributed by atoms with Crippen molar-refractivity contribution >= 4 is 5.69 Å². The van der Waals surface area contributed by atoms with E-state index in [1.165, 1.54) is 19.2 Å². The van der Waals surface area contributed by atoms with Crippen molar-refractivity contribution in [1.29, 1.82) is 0 Å². The van der Waals surface area contributed by atoms with Gasteiger partial charge in [0.1, 0.15) is 5.82 Å². The monoisotopic (exact) mass is 236 g/mol. The Bertz CT molecular complexity index is 362. The minimum Gasteiger partial charge on any atom is -0.399 e. The number of alkyl halides is 3. The van der Waals surface area contributed by atoms with Crippen molar-refractivity contribution in [2.24, 2.45) is 0 Å². The van der Waals surface area contributed by atoms with Gasteiger partial charge in [-0.15, -0.1) is 0 Å². The van der Waals surface area contributed by atoms with Gasteiger partial charge in [-0.1, -0.05) is 6.07 Å². The summed E-state index contributed by atoms with van der Waals surface area (Å²) in [4.78, 5) is 0.995. The van der Waals surface area contributed by atoms with E-state index < -0.39 is 18.5 Å². The average molecular weight is 236 g/mol. The normalized spacial score (nSPS) is 12.1. The van der Waals surface area contributed by atoms with Gasteiger partial charge in [-0.3, -0.25) is 4.90 Å². The lowest BCUT2D eigenvalue weighted by molar-refractivity contribution is -0.144. The third kappa shape index (κ3) is 4.06. The van der Waals surface area contributed by atoms with E-state index in [1.807, 2.05) is 0 Å². The van der Waals surface area contributed by atoms with E-state index >= 15 is 0 Å². The van der Waals surface area contributed by atoms with Crippen LogP contribution in [-0.4, -0.2) is 24.7 Å². The molecule has 1 aromatic rings. The summed E-state index contributed by atoms with van der Waals surface area (Å²) >= 11 is 0. The van der Waals surface area contributed by atoms with Crippen LogP contribution in [0.3, 0.4) is 0 Å². The van der Waals surface area contributed by atoms with E-state index in [2.05, 4.69) is 0 Å². The number of nitrogen functional groups attached to an aromatic ring is 1. The molecule has 6 heteroatoms. The molecule has 16 heavy (non-hydrogen) atoms. The number of anilines is 1. The quantitative estimate of drug-likeness (QED) is 0.645. The summed E-state index contributed by atoms with van der Waals surface area (Å²) < 4.78 is 49.3. The Labute approximate surface area is 90.7 Å². The fourth-order valence-electron chi connectivity index (χ4n) is 1.34. The standard InChI is InChI=1S/C10H12F4N2/c1-16(6-10(12,13)14)5-7-2-3-8(15)4-9(7)11/h2-4H,5-6,15H2,1H3. The smallest absolute Gasteiger partial charge is 0.399 e. The van der Waals surface area contributed by atoms with Crippen LogP contribution in [0.15, 0.2) is 18.2 Å². The van der Waals surface area contributed by atoms with Crippen molar-refractivity contribution in [1.82, 2.24) is 4.90 Å². The SMILES string of the molecule is CN(Cc1ccc(N)cc1F)CC(F)(F)F. The number of nitrogens with zero attached hydrogens (tertiary/aromatic N) is 1. The van der Waals surface area contributed by atoms with E-state index in [0.717, 1.165) is 11.0 Å². The summed E-state index contributed by atoms with van der Waals surface area (Å²) in [7, 11) is 1.28. The molecule has 0 unspecified atom stereocenters. The van der Waals surface area contributed by atoms with Crippen molar-refractivity contribution in [2.45, 2.75) is 12.7 Å². The van der Waals surface area contributed by atoms with Crippen LogP contribution < -0.4 is 5.73 Å². The van der Waals surface area contributed by atoms with Gasteiger partial charge < -0.3 is 5.73 Å². The summed E-state index contributed by atoms with van der Waals surface area (Å²) in [6.45, 7) is -1.18. The Morgan fingerprint density at radius 3 is 2.44 bits per heavy atom. The van der Waals surface area contributed by atoms with Gasteiger partial charge in [0.15, 0.2) is 0 Å². The molecule has 0 heterocycles. The lowest BCUT2D eigenvalue weighted by atomic mass is 10.2. The van der Waals surface area contributed by atoms with Crippen LogP contribution in [-0.2, 0) is 6.54 Å². The van der Waals surface area contributed by atoms with E-state index in [1.54, 1.807) is 0 Å². The highest BCUT2D eigenvalue weighted by Gasteiger charge is 2.29. The molecule has 0 bridgehead atoms. The van der Waals surface area contributed by atoms with Crippen LogP contribution in [0.5, 0.6) is 0 Å². The van der Waals surface area contributed by atoms with Crippen LogP contribution in [0.1, 0.15) is 5.56 Å².